The first-order chi connectivity index (χ1) is 11.1. The molecule has 0 aliphatic carbocycles. The smallest absolute Gasteiger partial charge is 0.363 e. The van der Waals surface area contributed by atoms with E-state index in [1.54, 1.807) is 43.5 Å². The van der Waals surface area contributed by atoms with E-state index in [9.17, 15) is 9.18 Å². The average molecular weight is 376 g/mol. The van der Waals surface area contributed by atoms with Gasteiger partial charge in [-0.15, -0.1) is 0 Å². The van der Waals surface area contributed by atoms with Crippen molar-refractivity contribution in [1.82, 2.24) is 0 Å². The fraction of sp³-hybridized carbons (Fsp3) is 0.0588. The number of hydrogen-bond acceptors (Lipinski definition) is 4. The summed E-state index contributed by atoms with van der Waals surface area (Å²) in [5.74, 6) is -0.284. The number of carbonyl (C=O) groups is 1. The molecule has 6 heteroatoms. The third kappa shape index (κ3) is 3.32. The van der Waals surface area contributed by atoms with Crippen LogP contribution in [0.1, 0.15) is 11.1 Å². The monoisotopic (exact) mass is 375 g/mol. The Hall–Kier alpha value is -2.47. The fourth-order valence-electron chi connectivity index (χ4n) is 2.06. The highest BCUT2D eigenvalue weighted by molar-refractivity contribution is 9.10. The van der Waals surface area contributed by atoms with Crippen molar-refractivity contribution in [2.45, 2.75) is 0 Å². The largest absolute Gasteiger partial charge is 0.497 e. The van der Waals surface area contributed by atoms with Crippen LogP contribution in [0.25, 0.3) is 6.08 Å². The summed E-state index contributed by atoms with van der Waals surface area (Å²) in [5, 5.41) is 0. The van der Waals surface area contributed by atoms with Gasteiger partial charge in [0.25, 0.3) is 0 Å². The molecule has 1 aliphatic heterocycles. The third-order valence-electron chi connectivity index (χ3n) is 3.19. The highest BCUT2D eigenvalue weighted by Crippen LogP contribution is 2.23. The Morgan fingerprint density at radius 3 is 2.87 bits per heavy atom. The van der Waals surface area contributed by atoms with Crippen LogP contribution in [0.5, 0.6) is 5.75 Å². The van der Waals surface area contributed by atoms with Crippen LogP contribution in [-0.4, -0.2) is 19.0 Å². The average Bonchev–Trinajstić information content (AvgIpc) is 2.92. The highest BCUT2D eigenvalue weighted by Gasteiger charge is 2.24. The Morgan fingerprint density at radius 2 is 2.09 bits per heavy atom. The summed E-state index contributed by atoms with van der Waals surface area (Å²) < 4.78 is 24.8. The number of carbonyl (C=O) groups excluding carboxylic acids is 1. The van der Waals surface area contributed by atoms with Crippen LogP contribution in [0.3, 0.4) is 0 Å². The predicted octanol–water partition coefficient (Wildman–Crippen LogP) is 3.94. The van der Waals surface area contributed by atoms with E-state index in [0.717, 1.165) is 0 Å². The molecule has 0 saturated heterocycles. The molecule has 23 heavy (non-hydrogen) atoms. The highest BCUT2D eigenvalue weighted by atomic mass is 79.9. The molecule has 0 N–H and O–H groups in total. The number of hydrogen-bond donors (Lipinski definition) is 0. The minimum Gasteiger partial charge on any atom is -0.497 e. The summed E-state index contributed by atoms with van der Waals surface area (Å²) in [6.07, 6.45) is 1.36. The molecular formula is C17H11BrFNO3. The van der Waals surface area contributed by atoms with Gasteiger partial charge < -0.3 is 9.47 Å². The molecule has 0 atom stereocenters. The van der Waals surface area contributed by atoms with Gasteiger partial charge in [0.05, 0.1) is 7.11 Å². The van der Waals surface area contributed by atoms with Crippen LogP contribution in [0.4, 0.5) is 4.39 Å². The lowest BCUT2D eigenvalue weighted by atomic mass is 10.2. The number of benzene rings is 2. The van der Waals surface area contributed by atoms with Crippen LogP contribution >= 0.6 is 15.9 Å². The molecule has 2 aromatic carbocycles. The van der Waals surface area contributed by atoms with Gasteiger partial charge in [-0.3, -0.25) is 0 Å². The van der Waals surface area contributed by atoms with Crippen LogP contribution in [0, 0.1) is 5.82 Å². The maximum Gasteiger partial charge on any atom is 0.363 e. The first-order valence-electron chi connectivity index (χ1n) is 6.69. The van der Waals surface area contributed by atoms with Crippen LogP contribution < -0.4 is 4.74 Å². The third-order valence-corrected chi connectivity index (χ3v) is 3.68. The summed E-state index contributed by atoms with van der Waals surface area (Å²) in [6, 6.07) is 11.4. The first kappa shape index (κ1) is 15.4. The van der Waals surface area contributed by atoms with Gasteiger partial charge in [-0.25, -0.2) is 14.2 Å². The molecule has 0 aromatic heterocycles. The minimum absolute atomic E-state index is 0.0415. The molecule has 2 aromatic rings. The molecule has 0 fully saturated rings. The molecule has 0 amide bonds. The zero-order chi connectivity index (χ0) is 16.4. The summed E-state index contributed by atoms with van der Waals surface area (Å²) in [5.41, 5.74) is 0.901. The van der Waals surface area contributed by atoms with E-state index in [1.165, 1.54) is 12.1 Å². The van der Waals surface area contributed by atoms with Gasteiger partial charge in [0, 0.05) is 15.6 Å². The normalized spacial score (nSPS) is 15.5. The van der Waals surface area contributed by atoms with Crippen molar-refractivity contribution in [2.24, 2.45) is 4.99 Å². The Kier molecular flexibility index (Phi) is 4.25. The van der Waals surface area contributed by atoms with Crippen LogP contribution in [0.15, 0.2) is 57.6 Å². The van der Waals surface area contributed by atoms with Crippen molar-refractivity contribution < 1.29 is 18.7 Å². The molecule has 0 spiro atoms. The summed E-state index contributed by atoms with van der Waals surface area (Å²) in [7, 11) is 1.54. The number of esters is 1. The fourth-order valence-corrected chi connectivity index (χ4v) is 2.44. The summed E-state index contributed by atoms with van der Waals surface area (Å²) >= 11 is 3.26. The van der Waals surface area contributed by atoms with Gasteiger partial charge in [-0.05, 0) is 42.5 Å². The summed E-state index contributed by atoms with van der Waals surface area (Å²) in [4.78, 5) is 16.1. The second kappa shape index (κ2) is 6.34. The number of nitrogens with zero attached hydrogens (tertiary/aromatic N) is 1. The number of methoxy groups -OCH3 is 1. The molecule has 1 heterocycles. The lowest BCUT2D eigenvalue weighted by Crippen LogP contribution is -2.05. The molecule has 0 unspecified atom stereocenters. The van der Waals surface area contributed by atoms with E-state index in [-0.39, 0.29) is 17.2 Å². The molecular weight excluding hydrogens is 365 g/mol. The SMILES string of the molecule is COc1cccc(C2=NC(=Cc3cc(Br)ccc3F)C(=O)O2)c1. The number of aliphatic imine (C=N–C) groups is 1. The Balaban J connectivity index is 1.98. The standard InChI is InChI=1S/C17H11BrFNO3/c1-22-13-4-2-3-10(8-13)16-20-15(17(21)23-16)9-11-7-12(18)5-6-14(11)19/h2-9H,1H3. The predicted molar refractivity (Wildman–Crippen MR) is 87.7 cm³/mol. The van der Waals surface area contributed by atoms with E-state index in [1.807, 2.05) is 0 Å². The molecule has 0 radical (unpaired) electrons. The van der Waals surface area contributed by atoms with Gasteiger partial charge in [0.2, 0.25) is 5.90 Å². The second-order valence-electron chi connectivity index (χ2n) is 4.73. The van der Waals surface area contributed by atoms with Crippen molar-refractivity contribution >= 4 is 33.9 Å². The van der Waals surface area contributed by atoms with Gasteiger partial charge in [-0.2, -0.15) is 0 Å². The zero-order valence-electron chi connectivity index (χ0n) is 12.0. The number of ether oxygens (including phenoxy) is 2. The van der Waals surface area contributed by atoms with E-state index in [4.69, 9.17) is 9.47 Å². The summed E-state index contributed by atoms with van der Waals surface area (Å²) in [6.45, 7) is 0. The number of rotatable bonds is 3. The molecule has 3 rings (SSSR count). The number of cyclic esters (lactones) is 1. The van der Waals surface area contributed by atoms with E-state index in [2.05, 4.69) is 20.9 Å². The van der Waals surface area contributed by atoms with E-state index in [0.29, 0.717) is 15.8 Å². The number of halogens is 2. The van der Waals surface area contributed by atoms with Crippen molar-refractivity contribution in [1.29, 1.82) is 0 Å². The lowest BCUT2D eigenvalue weighted by Gasteiger charge is -2.02. The Morgan fingerprint density at radius 1 is 1.26 bits per heavy atom. The molecule has 0 bridgehead atoms. The molecule has 1 aliphatic rings. The molecule has 0 saturated carbocycles. The van der Waals surface area contributed by atoms with Crippen molar-refractivity contribution in [3.8, 4) is 5.75 Å². The van der Waals surface area contributed by atoms with Gasteiger partial charge in [0.15, 0.2) is 5.70 Å². The molecule has 116 valence electrons. The minimum atomic E-state index is -0.623. The maximum atomic E-state index is 13.8. The quantitative estimate of drug-likeness (QED) is 0.602. The molecule has 4 nitrogen and oxygen atoms in total. The Bertz CT molecular complexity index is 845. The van der Waals surface area contributed by atoms with Crippen LogP contribution in [-0.2, 0) is 9.53 Å². The van der Waals surface area contributed by atoms with Crippen LogP contribution in [0.2, 0.25) is 0 Å². The van der Waals surface area contributed by atoms with Gasteiger partial charge in [0.1, 0.15) is 11.6 Å². The lowest BCUT2D eigenvalue weighted by molar-refractivity contribution is -0.129. The van der Waals surface area contributed by atoms with Gasteiger partial charge in [-0.1, -0.05) is 22.0 Å². The van der Waals surface area contributed by atoms with Crippen molar-refractivity contribution in [3.63, 3.8) is 0 Å². The topological polar surface area (TPSA) is 47.9 Å². The maximum absolute atomic E-state index is 13.8. The van der Waals surface area contributed by atoms with Crippen molar-refractivity contribution in [3.05, 3.63) is 69.6 Å². The van der Waals surface area contributed by atoms with E-state index >= 15 is 0 Å². The Labute approximate surface area is 140 Å². The van der Waals surface area contributed by atoms with Gasteiger partial charge >= 0.3 is 5.97 Å². The zero-order valence-corrected chi connectivity index (χ0v) is 13.6. The first-order valence-corrected chi connectivity index (χ1v) is 7.48. The second-order valence-corrected chi connectivity index (χ2v) is 5.65. The van der Waals surface area contributed by atoms with Crippen molar-refractivity contribution in [2.75, 3.05) is 7.11 Å². The van der Waals surface area contributed by atoms with E-state index < -0.39 is 11.8 Å².